The molecule has 2 rings (SSSR count). The molecule has 0 radical (unpaired) electrons. The third kappa shape index (κ3) is 5.17. The standard InChI is InChI=1S/C13H15BrF2O.CH2O2/c14-12-3-1-10(2-4-12)11-5-9(8-17)6-13(15,16)7-11;2-1-3/h1-4,9,11,17H,5-8H2;1H,(H,2,3). The van der Waals surface area contributed by atoms with Crippen LogP contribution in [0.2, 0.25) is 0 Å². The molecule has 6 heteroatoms. The lowest BCUT2D eigenvalue weighted by molar-refractivity contribution is -0.122. The van der Waals surface area contributed by atoms with Gasteiger partial charge >= 0.3 is 0 Å². The lowest BCUT2D eigenvalue weighted by Gasteiger charge is -2.34. The molecule has 0 aromatic heterocycles. The number of aliphatic hydroxyl groups excluding tert-OH is 1. The van der Waals surface area contributed by atoms with Crippen molar-refractivity contribution in [2.24, 2.45) is 5.92 Å². The number of hydrogen-bond donors (Lipinski definition) is 2. The Bertz CT molecular complexity index is 423. The monoisotopic (exact) mass is 350 g/mol. The topological polar surface area (TPSA) is 57.5 Å². The molecule has 1 aromatic carbocycles. The molecule has 112 valence electrons. The van der Waals surface area contributed by atoms with Crippen LogP contribution in [0.25, 0.3) is 0 Å². The van der Waals surface area contributed by atoms with E-state index in [2.05, 4.69) is 15.9 Å². The summed E-state index contributed by atoms with van der Waals surface area (Å²) in [5, 5.41) is 16.0. The van der Waals surface area contributed by atoms with Crippen LogP contribution < -0.4 is 0 Å². The summed E-state index contributed by atoms with van der Waals surface area (Å²) in [6.45, 7) is -0.400. The van der Waals surface area contributed by atoms with Crippen molar-refractivity contribution in [1.82, 2.24) is 0 Å². The summed E-state index contributed by atoms with van der Waals surface area (Å²) in [5.74, 6) is -3.08. The fourth-order valence-electron chi connectivity index (χ4n) is 2.56. The van der Waals surface area contributed by atoms with E-state index >= 15 is 0 Å². The van der Waals surface area contributed by atoms with Gasteiger partial charge < -0.3 is 10.2 Å². The van der Waals surface area contributed by atoms with E-state index in [0.717, 1.165) is 10.0 Å². The highest BCUT2D eigenvalue weighted by molar-refractivity contribution is 9.10. The van der Waals surface area contributed by atoms with Crippen molar-refractivity contribution >= 4 is 22.4 Å². The first kappa shape index (κ1) is 17.0. The van der Waals surface area contributed by atoms with Gasteiger partial charge in [-0.05, 0) is 36.0 Å². The molecule has 20 heavy (non-hydrogen) atoms. The molecule has 0 aliphatic heterocycles. The van der Waals surface area contributed by atoms with Gasteiger partial charge in [-0.25, -0.2) is 8.78 Å². The summed E-state index contributed by atoms with van der Waals surface area (Å²) in [7, 11) is 0. The zero-order valence-corrected chi connectivity index (χ0v) is 12.4. The predicted molar refractivity (Wildman–Crippen MR) is 74.9 cm³/mol. The number of carbonyl (C=O) groups is 1. The number of alkyl halides is 2. The molecule has 2 unspecified atom stereocenters. The fraction of sp³-hybridized carbons (Fsp3) is 0.500. The molecule has 3 nitrogen and oxygen atoms in total. The number of benzene rings is 1. The molecule has 0 saturated heterocycles. The molecule has 0 bridgehead atoms. The van der Waals surface area contributed by atoms with Gasteiger partial charge in [-0.2, -0.15) is 0 Å². The van der Waals surface area contributed by atoms with Gasteiger partial charge in [0.2, 0.25) is 5.92 Å². The third-order valence-corrected chi connectivity index (χ3v) is 3.88. The minimum atomic E-state index is -2.65. The summed E-state index contributed by atoms with van der Waals surface area (Å²) in [6.07, 6.45) is 0.357. The lowest BCUT2D eigenvalue weighted by atomic mass is 9.76. The SMILES string of the molecule is O=CO.OCC1CC(c2ccc(Br)cc2)CC(F)(F)C1. The summed E-state index contributed by atoms with van der Waals surface area (Å²) in [4.78, 5) is 8.36. The molecule has 0 spiro atoms. The average molecular weight is 351 g/mol. The second kappa shape index (κ2) is 7.69. The van der Waals surface area contributed by atoms with E-state index in [4.69, 9.17) is 15.0 Å². The van der Waals surface area contributed by atoms with Gasteiger partial charge in [-0.15, -0.1) is 0 Å². The molecule has 0 amide bonds. The smallest absolute Gasteiger partial charge is 0.290 e. The highest BCUT2D eigenvalue weighted by atomic mass is 79.9. The maximum Gasteiger partial charge on any atom is 0.290 e. The number of carboxylic acid groups (broad SMARTS) is 1. The molecule has 1 fully saturated rings. The van der Waals surface area contributed by atoms with E-state index in [0.29, 0.717) is 6.42 Å². The summed E-state index contributed by atoms with van der Waals surface area (Å²) < 4.78 is 28.0. The summed E-state index contributed by atoms with van der Waals surface area (Å²) >= 11 is 3.33. The van der Waals surface area contributed by atoms with E-state index in [1.54, 1.807) is 0 Å². The molecule has 1 aliphatic carbocycles. The van der Waals surface area contributed by atoms with Crippen LogP contribution in [-0.4, -0.2) is 29.2 Å². The maximum atomic E-state index is 13.5. The highest BCUT2D eigenvalue weighted by Gasteiger charge is 2.41. The normalized spacial score (nSPS) is 24.4. The first-order chi connectivity index (χ1) is 9.41. The summed E-state index contributed by atoms with van der Waals surface area (Å²) in [6, 6.07) is 7.50. The highest BCUT2D eigenvalue weighted by Crippen LogP contribution is 2.44. The van der Waals surface area contributed by atoms with Gasteiger partial charge in [0.15, 0.2) is 0 Å². The maximum absolute atomic E-state index is 13.5. The molecule has 1 saturated carbocycles. The van der Waals surface area contributed by atoms with Crippen molar-refractivity contribution in [3.63, 3.8) is 0 Å². The minimum absolute atomic E-state index is 0.106. The van der Waals surface area contributed by atoms with Crippen LogP contribution in [0.4, 0.5) is 8.78 Å². The van der Waals surface area contributed by atoms with Crippen molar-refractivity contribution in [3.8, 4) is 0 Å². The Labute approximate surface area is 124 Å². The molecule has 1 aromatic rings. The molecular formula is C14H17BrF2O3. The van der Waals surface area contributed by atoms with Crippen molar-refractivity contribution < 1.29 is 23.8 Å². The zero-order chi connectivity index (χ0) is 15.2. The quantitative estimate of drug-likeness (QED) is 0.800. The lowest BCUT2D eigenvalue weighted by Crippen LogP contribution is -2.32. The van der Waals surface area contributed by atoms with Crippen molar-refractivity contribution in [1.29, 1.82) is 0 Å². The second-order valence-electron chi connectivity index (χ2n) is 4.90. The van der Waals surface area contributed by atoms with Crippen molar-refractivity contribution in [3.05, 3.63) is 34.3 Å². The van der Waals surface area contributed by atoms with E-state index in [9.17, 15) is 8.78 Å². The largest absolute Gasteiger partial charge is 0.483 e. The van der Waals surface area contributed by atoms with Crippen LogP contribution >= 0.6 is 15.9 Å². The Morgan fingerprint density at radius 2 is 1.85 bits per heavy atom. The molecule has 2 atom stereocenters. The molecular weight excluding hydrogens is 334 g/mol. The Morgan fingerprint density at radius 1 is 1.30 bits per heavy atom. The van der Waals surface area contributed by atoms with Gasteiger partial charge in [0.1, 0.15) is 0 Å². The number of halogens is 3. The first-order valence-electron chi connectivity index (χ1n) is 6.24. The Hall–Kier alpha value is -1.01. The van der Waals surface area contributed by atoms with Gasteiger partial charge in [-0.1, -0.05) is 28.1 Å². The van der Waals surface area contributed by atoms with Crippen LogP contribution in [0, 0.1) is 5.92 Å². The van der Waals surface area contributed by atoms with Gasteiger partial charge in [0.05, 0.1) is 0 Å². The number of aliphatic hydroxyl groups is 1. The van der Waals surface area contributed by atoms with Gasteiger partial charge in [0.25, 0.3) is 6.47 Å². The van der Waals surface area contributed by atoms with Crippen LogP contribution in [0.3, 0.4) is 0 Å². The van der Waals surface area contributed by atoms with Crippen LogP contribution in [0.15, 0.2) is 28.7 Å². The fourth-order valence-corrected chi connectivity index (χ4v) is 2.83. The van der Waals surface area contributed by atoms with E-state index in [1.807, 2.05) is 24.3 Å². The van der Waals surface area contributed by atoms with Gasteiger partial charge in [-0.3, -0.25) is 4.79 Å². The third-order valence-electron chi connectivity index (χ3n) is 3.35. The zero-order valence-electron chi connectivity index (χ0n) is 10.8. The molecule has 0 heterocycles. The molecule has 1 aliphatic rings. The van der Waals surface area contributed by atoms with Crippen LogP contribution in [0.5, 0.6) is 0 Å². The van der Waals surface area contributed by atoms with E-state index in [1.165, 1.54) is 0 Å². The second-order valence-corrected chi connectivity index (χ2v) is 5.82. The minimum Gasteiger partial charge on any atom is -0.483 e. The number of hydrogen-bond acceptors (Lipinski definition) is 2. The van der Waals surface area contributed by atoms with Crippen LogP contribution in [0.1, 0.15) is 30.7 Å². The van der Waals surface area contributed by atoms with E-state index in [-0.39, 0.29) is 37.8 Å². The Kier molecular flexibility index (Phi) is 6.55. The van der Waals surface area contributed by atoms with Gasteiger partial charge in [0, 0.05) is 23.9 Å². The van der Waals surface area contributed by atoms with Crippen LogP contribution in [-0.2, 0) is 4.79 Å². The predicted octanol–water partition coefficient (Wildman–Crippen LogP) is 3.66. The number of rotatable bonds is 2. The van der Waals surface area contributed by atoms with Crippen molar-refractivity contribution in [2.75, 3.05) is 6.61 Å². The van der Waals surface area contributed by atoms with E-state index < -0.39 is 5.92 Å². The first-order valence-corrected chi connectivity index (χ1v) is 7.03. The molecule has 2 N–H and O–H groups in total. The van der Waals surface area contributed by atoms with Crippen molar-refractivity contribution in [2.45, 2.75) is 31.1 Å². The average Bonchev–Trinajstić information content (AvgIpc) is 2.38. The summed E-state index contributed by atoms with van der Waals surface area (Å²) in [5.41, 5.74) is 0.936. The Balaban J connectivity index is 0.000000612. The Morgan fingerprint density at radius 3 is 2.35 bits per heavy atom.